The summed E-state index contributed by atoms with van der Waals surface area (Å²) < 4.78 is 2.09. The van der Waals surface area contributed by atoms with E-state index in [0.29, 0.717) is 5.92 Å². The molecule has 0 bridgehead atoms. The second-order valence-corrected chi connectivity index (χ2v) is 7.66. The van der Waals surface area contributed by atoms with E-state index >= 15 is 0 Å². The van der Waals surface area contributed by atoms with Crippen LogP contribution in [0.15, 0.2) is 36.9 Å². The maximum atomic E-state index is 11.6. The number of fused-ring (bicyclic) bond motifs is 1. The summed E-state index contributed by atoms with van der Waals surface area (Å²) in [7, 11) is 0. The van der Waals surface area contributed by atoms with E-state index in [2.05, 4.69) is 39.6 Å². The van der Waals surface area contributed by atoms with Crippen molar-refractivity contribution in [3.8, 4) is 0 Å². The number of hydrogen-bond acceptors (Lipinski definition) is 3. The van der Waals surface area contributed by atoms with E-state index < -0.39 is 12.0 Å². The summed E-state index contributed by atoms with van der Waals surface area (Å²) in [5.41, 5.74) is 3.79. The Kier molecular flexibility index (Phi) is 6.54. The first kappa shape index (κ1) is 19.5. The molecule has 27 heavy (non-hydrogen) atoms. The second-order valence-electron chi connectivity index (χ2n) is 7.66. The molecule has 2 aromatic rings. The van der Waals surface area contributed by atoms with Crippen molar-refractivity contribution in [2.24, 2.45) is 0 Å². The third-order valence-electron chi connectivity index (χ3n) is 5.70. The van der Waals surface area contributed by atoms with E-state index in [9.17, 15) is 9.90 Å². The van der Waals surface area contributed by atoms with Crippen LogP contribution in [0.4, 0.5) is 5.69 Å². The molecular formula is C22H31N3O2. The van der Waals surface area contributed by atoms with Crippen LogP contribution in [0.25, 0.3) is 0 Å². The lowest BCUT2D eigenvalue weighted by atomic mass is 9.94. The van der Waals surface area contributed by atoms with E-state index in [-0.39, 0.29) is 0 Å². The van der Waals surface area contributed by atoms with Gasteiger partial charge in [0.1, 0.15) is 6.04 Å². The number of aromatic nitrogens is 2. The summed E-state index contributed by atoms with van der Waals surface area (Å²) in [6, 6.07) is 6.15. The molecule has 5 nitrogen and oxygen atoms in total. The Labute approximate surface area is 162 Å². The van der Waals surface area contributed by atoms with Crippen LogP contribution in [0.3, 0.4) is 0 Å². The summed E-state index contributed by atoms with van der Waals surface area (Å²) >= 11 is 0. The van der Waals surface area contributed by atoms with Gasteiger partial charge in [-0.05, 0) is 43.4 Å². The van der Waals surface area contributed by atoms with E-state index in [1.807, 2.05) is 12.5 Å². The van der Waals surface area contributed by atoms with E-state index in [1.165, 1.54) is 36.8 Å². The zero-order valence-corrected chi connectivity index (χ0v) is 16.5. The highest BCUT2D eigenvalue weighted by Gasteiger charge is 2.33. The van der Waals surface area contributed by atoms with Crippen molar-refractivity contribution in [1.29, 1.82) is 0 Å². The van der Waals surface area contributed by atoms with Crippen LogP contribution in [0.5, 0.6) is 0 Å². The monoisotopic (exact) mass is 369 g/mol. The maximum Gasteiger partial charge on any atom is 0.326 e. The lowest BCUT2D eigenvalue weighted by molar-refractivity contribution is -0.138. The summed E-state index contributed by atoms with van der Waals surface area (Å²) in [5.74, 6) is -0.403. The average Bonchev–Trinajstić information content (AvgIpc) is 3.30. The number of anilines is 1. The number of carboxylic acid groups (broad SMARTS) is 1. The number of carbonyl (C=O) groups is 1. The maximum absolute atomic E-state index is 11.6. The van der Waals surface area contributed by atoms with Crippen LogP contribution in [0.2, 0.25) is 0 Å². The van der Waals surface area contributed by atoms with Crippen LogP contribution in [-0.4, -0.2) is 33.2 Å². The van der Waals surface area contributed by atoms with Gasteiger partial charge >= 0.3 is 5.97 Å². The van der Waals surface area contributed by atoms with Crippen LogP contribution in [0, 0.1) is 0 Å². The summed E-state index contributed by atoms with van der Waals surface area (Å²) in [5, 5.41) is 9.50. The van der Waals surface area contributed by atoms with Gasteiger partial charge in [-0.2, -0.15) is 0 Å². The molecule has 2 atom stereocenters. The Morgan fingerprint density at radius 3 is 2.89 bits per heavy atom. The fraction of sp³-hybridized carbons (Fsp3) is 0.545. The number of aryl methyl sites for hydroxylation is 2. The largest absolute Gasteiger partial charge is 0.480 e. The van der Waals surface area contributed by atoms with Crippen LogP contribution < -0.4 is 4.90 Å². The molecule has 0 amide bonds. The highest BCUT2D eigenvalue weighted by Crippen LogP contribution is 2.40. The molecule has 3 rings (SSSR count). The van der Waals surface area contributed by atoms with Gasteiger partial charge in [-0.1, -0.05) is 38.3 Å². The highest BCUT2D eigenvalue weighted by atomic mass is 16.4. The van der Waals surface area contributed by atoms with Crippen molar-refractivity contribution in [3.63, 3.8) is 0 Å². The SMILES string of the molecule is CCCCCCc1ccc2c(c1)C(CCn1ccnc1)CN2C(C)C(=O)O. The van der Waals surface area contributed by atoms with Gasteiger partial charge in [-0.25, -0.2) is 9.78 Å². The Bertz CT molecular complexity index is 742. The summed E-state index contributed by atoms with van der Waals surface area (Å²) in [6.45, 7) is 5.69. The number of unbranched alkanes of at least 4 members (excludes halogenated alkanes) is 3. The van der Waals surface area contributed by atoms with Crippen molar-refractivity contribution >= 4 is 11.7 Å². The van der Waals surface area contributed by atoms with E-state index in [4.69, 9.17) is 0 Å². The van der Waals surface area contributed by atoms with Crippen molar-refractivity contribution in [2.75, 3.05) is 11.4 Å². The molecule has 146 valence electrons. The van der Waals surface area contributed by atoms with Gasteiger partial charge in [0.25, 0.3) is 0 Å². The first-order valence-electron chi connectivity index (χ1n) is 10.2. The Balaban J connectivity index is 1.76. The molecule has 0 spiro atoms. The van der Waals surface area contributed by atoms with Crippen LogP contribution in [-0.2, 0) is 17.8 Å². The number of hydrogen-bond donors (Lipinski definition) is 1. The van der Waals surface area contributed by atoms with Crippen molar-refractivity contribution in [3.05, 3.63) is 48.0 Å². The van der Waals surface area contributed by atoms with Crippen LogP contribution in [0.1, 0.15) is 63.0 Å². The molecule has 1 aromatic carbocycles. The van der Waals surface area contributed by atoms with Crippen molar-refractivity contribution < 1.29 is 9.90 Å². The smallest absolute Gasteiger partial charge is 0.326 e. The van der Waals surface area contributed by atoms with E-state index in [0.717, 1.165) is 31.6 Å². The zero-order valence-electron chi connectivity index (χ0n) is 16.5. The summed E-state index contributed by atoms with van der Waals surface area (Å²) in [6.07, 6.45) is 12.8. The second kappa shape index (κ2) is 9.07. The lowest BCUT2D eigenvalue weighted by Gasteiger charge is -2.24. The zero-order chi connectivity index (χ0) is 19.2. The fourth-order valence-corrected chi connectivity index (χ4v) is 4.01. The molecule has 1 aliphatic heterocycles. The number of rotatable bonds is 10. The van der Waals surface area contributed by atoms with Gasteiger partial charge in [-0.3, -0.25) is 0 Å². The van der Waals surface area contributed by atoms with Crippen molar-refractivity contribution in [1.82, 2.24) is 9.55 Å². The Morgan fingerprint density at radius 1 is 1.33 bits per heavy atom. The molecule has 1 N–H and O–H groups in total. The number of nitrogens with zero attached hydrogens (tertiary/aromatic N) is 3. The molecule has 2 unspecified atom stereocenters. The topological polar surface area (TPSA) is 58.4 Å². The number of imidazole rings is 1. The Hall–Kier alpha value is -2.30. The molecule has 0 radical (unpaired) electrons. The predicted octanol–water partition coefficient (Wildman–Crippen LogP) is 4.47. The van der Waals surface area contributed by atoms with Gasteiger partial charge in [0.05, 0.1) is 6.33 Å². The number of carboxylic acids is 1. The summed E-state index contributed by atoms with van der Waals surface area (Å²) in [4.78, 5) is 17.7. The number of benzene rings is 1. The highest BCUT2D eigenvalue weighted by molar-refractivity contribution is 5.79. The predicted molar refractivity (Wildman–Crippen MR) is 108 cm³/mol. The van der Waals surface area contributed by atoms with Gasteiger partial charge in [0, 0.05) is 37.1 Å². The molecule has 5 heteroatoms. The standard InChI is InChI=1S/C22H31N3O2/c1-3-4-5-6-7-18-8-9-21-20(14-18)19(10-12-24-13-11-23-16-24)15-25(21)17(2)22(26)27/h8-9,11,13-14,16-17,19H,3-7,10,12,15H2,1-2H3,(H,26,27). The first-order valence-corrected chi connectivity index (χ1v) is 10.2. The molecule has 0 fully saturated rings. The van der Waals surface area contributed by atoms with Gasteiger partial charge < -0.3 is 14.6 Å². The number of aliphatic carboxylic acids is 1. The minimum atomic E-state index is -0.764. The van der Waals surface area contributed by atoms with Gasteiger partial charge in [0.2, 0.25) is 0 Å². The first-order chi connectivity index (χ1) is 13.1. The van der Waals surface area contributed by atoms with E-state index in [1.54, 1.807) is 13.1 Å². The molecule has 0 saturated heterocycles. The lowest BCUT2D eigenvalue weighted by Crippen LogP contribution is -2.38. The molecular weight excluding hydrogens is 338 g/mol. The van der Waals surface area contributed by atoms with Gasteiger partial charge in [-0.15, -0.1) is 0 Å². The minimum absolute atomic E-state index is 0.361. The minimum Gasteiger partial charge on any atom is -0.480 e. The third kappa shape index (κ3) is 4.71. The van der Waals surface area contributed by atoms with Gasteiger partial charge in [0.15, 0.2) is 0 Å². The fourth-order valence-electron chi connectivity index (χ4n) is 4.01. The van der Waals surface area contributed by atoms with Crippen molar-refractivity contribution in [2.45, 2.75) is 70.9 Å². The molecule has 0 saturated carbocycles. The molecule has 1 aromatic heterocycles. The molecule has 2 heterocycles. The normalized spacial score (nSPS) is 17.1. The van der Waals surface area contributed by atoms with Crippen LogP contribution >= 0.6 is 0 Å². The molecule has 0 aliphatic carbocycles. The quantitative estimate of drug-likeness (QED) is 0.628. The average molecular weight is 370 g/mol. The Morgan fingerprint density at radius 2 is 2.19 bits per heavy atom. The third-order valence-corrected chi connectivity index (χ3v) is 5.70. The molecule has 1 aliphatic rings.